The number of aliphatic hydroxyl groups excluding tert-OH is 3. The molecule has 0 spiro atoms. The van der Waals surface area contributed by atoms with Gasteiger partial charge in [-0.15, -0.1) is 0 Å². The highest BCUT2D eigenvalue weighted by atomic mass is 16.6. The Morgan fingerprint density at radius 2 is 2.04 bits per heavy atom. The molecule has 2 aromatic heterocycles. The van der Waals surface area contributed by atoms with E-state index < -0.39 is 42.6 Å². The minimum atomic E-state index is -1.50. The van der Waals surface area contributed by atoms with E-state index >= 15 is 0 Å². The Balaban J connectivity index is 2.29. The number of carbonyl (C=O) groups excluding carboxylic acids is 1. The molecule has 11 nitrogen and oxygen atoms in total. The van der Waals surface area contributed by atoms with Crippen molar-refractivity contribution in [2.45, 2.75) is 24.5 Å². The highest BCUT2D eigenvalue weighted by Gasteiger charge is 2.44. The second-order valence-corrected chi connectivity index (χ2v) is 5.32. The molecule has 1 amide bonds. The fourth-order valence-corrected chi connectivity index (χ4v) is 2.73. The van der Waals surface area contributed by atoms with Gasteiger partial charge in [-0.1, -0.05) is 0 Å². The number of anilines is 1. The topological polar surface area (TPSA) is 187 Å². The van der Waals surface area contributed by atoms with Crippen molar-refractivity contribution in [2.75, 3.05) is 12.3 Å². The molecule has 0 aliphatic carbocycles. The van der Waals surface area contributed by atoms with E-state index in [0.717, 1.165) is 17.0 Å². The number of carbonyl (C=O) groups is 1. The normalized spacial score (nSPS) is 26.8. The second-order valence-electron chi connectivity index (χ2n) is 5.32. The molecule has 0 saturated carbocycles. The molecule has 0 aromatic carbocycles. The maximum atomic E-state index is 12.4. The van der Waals surface area contributed by atoms with Gasteiger partial charge in [-0.2, -0.15) is 0 Å². The zero-order chi connectivity index (χ0) is 17.6. The van der Waals surface area contributed by atoms with Crippen LogP contribution in [0, 0.1) is 0 Å². The highest BCUT2D eigenvalue weighted by Crippen LogP contribution is 2.31. The quantitative estimate of drug-likeness (QED) is 0.391. The number of rotatable bonds is 3. The number of fused-ring (bicyclic) bond motifs is 1. The molecule has 7 N–H and O–H groups in total. The fraction of sp³-hybridized carbons (Fsp3) is 0.385. The summed E-state index contributed by atoms with van der Waals surface area (Å²) in [4.78, 5) is 31.7. The number of amides is 1. The van der Waals surface area contributed by atoms with Crippen molar-refractivity contribution in [3.8, 4) is 0 Å². The van der Waals surface area contributed by atoms with Gasteiger partial charge in [0.15, 0.2) is 11.9 Å². The Kier molecular flexibility index (Phi) is 3.93. The smallest absolute Gasteiger partial charge is 0.255 e. The van der Waals surface area contributed by atoms with E-state index in [1.807, 2.05) is 0 Å². The van der Waals surface area contributed by atoms with Crippen molar-refractivity contribution in [3.63, 3.8) is 0 Å². The first-order valence-electron chi connectivity index (χ1n) is 6.94. The summed E-state index contributed by atoms with van der Waals surface area (Å²) in [5, 5.41) is 29.2. The van der Waals surface area contributed by atoms with Crippen LogP contribution in [0.2, 0.25) is 0 Å². The number of aromatic nitrogens is 3. The Morgan fingerprint density at radius 1 is 1.33 bits per heavy atom. The van der Waals surface area contributed by atoms with Crippen LogP contribution in [-0.4, -0.2) is 60.7 Å². The Labute approximate surface area is 134 Å². The van der Waals surface area contributed by atoms with Gasteiger partial charge in [0.25, 0.3) is 5.56 Å². The van der Waals surface area contributed by atoms with Crippen LogP contribution in [0.25, 0.3) is 11.0 Å². The third kappa shape index (κ3) is 2.30. The van der Waals surface area contributed by atoms with Crippen LogP contribution in [0.5, 0.6) is 0 Å². The minimum absolute atomic E-state index is 0.0299. The molecular weight excluding hydrogens is 322 g/mol. The molecule has 3 rings (SSSR count). The molecule has 2 aromatic rings. The molecular formula is C13H15N5O6. The molecule has 0 radical (unpaired) electrons. The van der Waals surface area contributed by atoms with Gasteiger partial charge in [0.05, 0.1) is 17.6 Å². The molecule has 24 heavy (non-hydrogen) atoms. The largest absolute Gasteiger partial charge is 0.394 e. The summed E-state index contributed by atoms with van der Waals surface area (Å²) >= 11 is 0. The molecule has 0 unspecified atom stereocenters. The second kappa shape index (κ2) is 5.79. The standard InChI is InChI=1S/C13H15N5O6/c14-10-7-4(11(15)23)1-6(20)18(12(7)17-3-16-10)13-9(22)8(21)5(2-19)24-13/h1,3,5,8-9,13,19,21-22H,2H2,(H2,15,23)(H2,14,16,17)/t5-,8-,9-,13-/m1/s1. The maximum absolute atomic E-state index is 12.4. The van der Waals surface area contributed by atoms with Gasteiger partial charge in [-0.3, -0.25) is 14.2 Å². The van der Waals surface area contributed by atoms with Crippen molar-refractivity contribution in [1.29, 1.82) is 0 Å². The van der Waals surface area contributed by atoms with Crippen molar-refractivity contribution in [3.05, 3.63) is 28.3 Å². The maximum Gasteiger partial charge on any atom is 0.255 e. The van der Waals surface area contributed by atoms with E-state index in [1.54, 1.807) is 0 Å². The van der Waals surface area contributed by atoms with Gasteiger partial charge in [0.1, 0.15) is 30.5 Å². The number of primary amides is 1. The van der Waals surface area contributed by atoms with E-state index in [0.29, 0.717) is 0 Å². The van der Waals surface area contributed by atoms with E-state index in [1.165, 1.54) is 0 Å². The summed E-state index contributed by atoms with van der Waals surface area (Å²) in [6.07, 6.45) is -4.25. The molecule has 128 valence electrons. The van der Waals surface area contributed by atoms with Crippen molar-refractivity contribution in [2.24, 2.45) is 5.73 Å². The lowest BCUT2D eigenvalue weighted by Crippen LogP contribution is -2.36. The SMILES string of the molecule is NC(=O)c1cc(=O)n([C@@H]2O[C@H](CO)[C@@H](O)[C@H]2O)c2ncnc(N)c12. The third-order valence-corrected chi connectivity index (χ3v) is 3.90. The summed E-state index contributed by atoms with van der Waals surface area (Å²) in [5.74, 6) is -0.985. The molecule has 1 fully saturated rings. The lowest BCUT2D eigenvalue weighted by molar-refractivity contribution is -0.0524. The van der Waals surface area contributed by atoms with Gasteiger partial charge in [0.2, 0.25) is 5.91 Å². The monoisotopic (exact) mass is 337 g/mol. The number of pyridine rings is 1. The average Bonchev–Trinajstić information content (AvgIpc) is 2.82. The van der Waals surface area contributed by atoms with E-state index in [2.05, 4.69) is 9.97 Å². The van der Waals surface area contributed by atoms with E-state index in [-0.39, 0.29) is 22.4 Å². The first-order valence-corrected chi connectivity index (χ1v) is 6.94. The van der Waals surface area contributed by atoms with E-state index in [4.69, 9.17) is 16.2 Å². The summed E-state index contributed by atoms with van der Waals surface area (Å²) < 4.78 is 6.28. The average molecular weight is 337 g/mol. The molecule has 3 heterocycles. The van der Waals surface area contributed by atoms with Crippen LogP contribution < -0.4 is 17.0 Å². The number of ether oxygens (including phenoxy) is 1. The molecule has 1 saturated heterocycles. The number of hydrogen-bond acceptors (Lipinski definition) is 9. The van der Waals surface area contributed by atoms with Gasteiger partial charge in [-0.05, 0) is 0 Å². The number of nitrogens with two attached hydrogens (primary N) is 2. The first kappa shape index (κ1) is 16.3. The highest BCUT2D eigenvalue weighted by molar-refractivity contribution is 6.07. The number of nitrogens with zero attached hydrogens (tertiary/aromatic N) is 3. The molecule has 0 bridgehead atoms. The Bertz CT molecular complexity index is 868. The van der Waals surface area contributed by atoms with Crippen LogP contribution in [-0.2, 0) is 4.74 Å². The Hall–Kier alpha value is -2.60. The zero-order valence-electron chi connectivity index (χ0n) is 12.2. The number of hydrogen-bond donors (Lipinski definition) is 5. The van der Waals surface area contributed by atoms with E-state index in [9.17, 15) is 24.9 Å². The van der Waals surface area contributed by atoms with Crippen LogP contribution in [0.15, 0.2) is 17.2 Å². The predicted octanol–water partition coefficient (Wildman–Crippen LogP) is -2.92. The van der Waals surface area contributed by atoms with Crippen LogP contribution >= 0.6 is 0 Å². The summed E-state index contributed by atoms with van der Waals surface area (Å²) in [6.45, 7) is -0.558. The molecule has 1 aliphatic rings. The van der Waals surface area contributed by atoms with Gasteiger partial charge < -0.3 is 31.5 Å². The number of nitrogen functional groups attached to an aromatic ring is 1. The van der Waals surface area contributed by atoms with Gasteiger partial charge in [-0.25, -0.2) is 9.97 Å². The first-order chi connectivity index (χ1) is 11.4. The molecule has 4 atom stereocenters. The van der Waals surface area contributed by atoms with Gasteiger partial charge in [0, 0.05) is 6.07 Å². The summed E-state index contributed by atoms with van der Waals surface area (Å²) in [6, 6.07) is 0.930. The summed E-state index contributed by atoms with van der Waals surface area (Å²) in [7, 11) is 0. The van der Waals surface area contributed by atoms with Crippen molar-refractivity contribution >= 4 is 22.8 Å². The van der Waals surface area contributed by atoms with Gasteiger partial charge >= 0.3 is 0 Å². The Morgan fingerprint density at radius 3 is 2.62 bits per heavy atom. The zero-order valence-corrected chi connectivity index (χ0v) is 12.2. The number of aliphatic hydroxyl groups is 3. The third-order valence-electron chi connectivity index (χ3n) is 3.90. The predicted molar refractivity (Wildman–Crippen MR) is 79.7 cm³/mol. The lowest BCUT2D eigenvalue weighted by atomic mass is 10.1. The minimum Gasteiger partial charge on any atom is -0.394 e. The van der Waals surface area contributed by atoms with Crippen molar-refractivity contribution in [1.82, 2.24) is 14.5 Å². The molecule has 11 heteroatoms. The molecule has 1 aliphatic heterocycles. The van der Waals surface area contributed by atoms with Crippen LogP contribution in [0.3, 0.4) is 0 Å². The summed E-state index contributed by atoms with van der Waals surface area (Å²) in [5.41, 5.74) is 10.0. The lowest BCUT2D eigenvalue weighted by Gasteiger charge is -2.20. The van der Waals surface area contributed by atoms with Crippen LogP contribution in [0.1, 0.15) is 16.6 Å². The van der Waals surface area contributed by atoms with Crippen LogP contribution in [0.4, 0.5) is 5.82 Å². The fourth-order valence-electron chi connectivity index (χ4n) is 2.73. The van der Waals surface area contributed by atoms with Crippen molar-refractivity contribution < 1.29 is 24.9 Å².